The molecule has 0 aliphatic carbocycles. The van der Waals surface area contributed by atoms with Gasteiger partial charge in [-0.05, 0) is 56.4 Å². The standard InChI is InChI=1S/C18H28O2.C2H6/c1-8-9-10-19-16-11-13(2)17(14(3)12-16)20-15(4)18(5,6)7;1-2/h8-9,11-12,15H,10H2,1-7H3;1-2H3/b9-8+;. The number of hydrogen-bond acceptors (Lipinski definition) is 2. The molecule has 0 saturated carbocycles. The number of benzene rings is 1. The second-order valence-electron chi connectivity index (χ2n) is 6.39. The summed E-state index contributed by atoms with van der Waals surface area (Å²) in [6.07, 6.45) is 4.15. The van der Waals surface area contributed by atoms with Gasteiger partial charge in [0.1, 0.15) is 24.2 Å². The van der Waals surface area contributed by atoms with E-state index < -0.39 is 0 Å². The molecular formula is C20H34O2. The van der Waals surface area contributed by atoms with Gasteiger partial charge < -0.3 is 9.47 Å². The van der Waals surface area contributed by atoms with E-state index in [1.54, 1.807) is 0 Å². The van der Waals surface area contributed by atoms with E-state index in [0.29, 0.717) is 6.61 Å². The molecular weight excluding hydrogens is 272 g/mol. The maximum Gasteiger partial charge on any atom is 0.125 e. The van der Waals surface area contributed by atoms with Crippen molar-refractivity contribution < 1.29 is 9.47 Å². The van der Waals surface area contributed by atoms with Crippen LogP contribution in [0.5, 0.6) is 11.5 Å². The minimum absolute atomic E-state index is 0.125. The van der Waals surface area contributed by atoms with E-state index in [4.69, 9.17) is 9.47 Å². The lowest BCUT2D eigenvalue weighted by Gasteiger charge is -2.29. The van der Waals surface area contributed by atoms with Gasteiger partial charge in [-0.2, -0.15) is 0 Å². The Morgan fingerprint density at radius 3 is 2.00 bits per heavy atom. The van der Waals surface area contributed by atoms with E-state index >= 15 is 0 Å². The molecule has 0 radical (unpaired) electrons. The van der Waals surface area contributed by atoms with Crippen LogP contribution in [0.3, 0.4) is 0 Å². The van der Waals surface area contributed by atoms with E-state index in [9.17, 15) is 0 Å². The molecule has 2 nitrogen and oxygen atoms in total. The third kappa shape index (κ3) is 6.55. The summed E-state index contributed by atoms with van der Waals surface area (Å²) in [5.74, 6) is 1.87. The molecule has 1 aromatic carbocycles. The Morgan fingerprint density at radius 2 is 1.59 bits per heavy atom. The number of aryl methyl sites for hydroxylation is 2. The van der Waals surface area contributed by atoms with Gasteiger partial charge in [0, 0.05) is 0 Å². The Kier molecular flexibility index (Phi) is 8.93. The highest BCUT2D eigenvalue weighted by Gasteiger charge is 2.23. The molecule has 126 valence electrons. The van der Waals surface area contributed by atoms with E-state index in [0.717, 1.165) is 22.6 Å². The molecule has 1 rings (SSSR count). The van der Waals surface area contributed by atoms with Gasteiger partial charge in [0.25, 0.3) is 0 Å². The number of hydrogen-bond donors (Lipinski definition) is 0. The first-order valence-corrected chi connectivity index (χ1v) is 8.27. The molecule has 0 amide bonds. The fourth-order valence-corrected chi connectivity index (χ4v) is 1.77. The van der Waals surface area contributed by atoms with E-state index in [2.05, 4.69) is 41.5 Å². The van der Waals surface area contributed by atoms with Crippen molar-refractivity contribution in [3.8, 4) is 11.5 Å². The zero-order valence-electron chi connectivity index (χ0n) is 15.9. The van der Waals surface area contributed by atoms with Gasteiger partial charge in [0.05, 0.1) is 0 Å². The quantitative estimate of drug-likeness (QED) is 0.612. The zero-order valence-corrected chi connectivity index (χ0v) is 15.9. The third-order valence-corrected chi connectivity index (χ3v) is 3.53. The molecule has 0 fully saturated rings. The molecule has 0 spiro atoms. The maximum atomic E-state index is 6.15. The SMILES string of the molecule is C/C=C/COc1cc(C)c(OC(C)C(C)(C)C)c(C)c1.CC. The number of rotatable bonds is 5. The van der Waals surface area contributed by atoms with Crippen molar-refractivity contribution >= 4 is 0 Å². The lowest BCUT2D eigenvalue weighted by molar-refractivity contribution is 0.102. The lowest BCUT2D eigenvalue weighted by atomic mass is 9.90. The van der Waals surface area contributed by atoms with Crippen LogP contribution in [0.15, 0.2) is 24.3 Å². The fraction of sp³-hybridized carbons (Fsp3) is 0.600. The molecule has 0 aromatic heterocycles. The second-order valence-corrected chi connectivity index (χ2v) is 6.39. The van der Waals surface area contributed by atoms with E-state index in [-0.39, 0.29) is 11.5 Å². The summed E-state index contributed by atoms with van der Waals surface area (Å²) in [6, 6.07) is 4.09. The second kappa shape index (κ2) is 9.55. The van der Waals surface area contributed by atoms with E-state index in [1.807, 2.05) is 45.1 Å². The van der Waals surface area contributed by atoms with Gasteiger partial charge in [-0.3, -0.25) is 0 Å². The molecule has 0 aliphatic rings. The molecule has 0 aliphatic heterocycles. The molecule has 1 aromatic rings. The van der Waals surface area contributed by atoms with Crippen LogP contribution in [0.4, 0.5) is 0 Å². The zero-order chi connectivity index (χ0) is 17.3. The monoisotopic (exact) mass is 306 g/mol. The predicted molar refractivity (Wildman–Crippen MR) is 97.1 cm³/mol. The van der Waals surface area contributed by atoms with Crippen LogP contribution in [0, 0.1) is 19.3 Å². The lowest BCUT2D eigenvalue weighted by Crippen LogP contribution is -2.29. The third-order valence-electron chi connectivity index (χ3n) is 3.53. The Bertz CT molecular complexity index is 444. The highest BCUT2D eigenvalue weighted by atomic mass is 16.5. The summed E-state index contributed by atoms with van der Waals surface area (Å²) in [6.45, 7) is 19.4. The summed E-state index contributed by atoms with van der Waals surface area (Å²) >= 11 is 0. The Morgan fingerprint density at radius 1 is 1.09 bits per heavy atom. The smallest absolute Gasteiger partial charge is 0.125 e. The molecule has 0 N–H and O–H groups in total. The maximum absolute atomic E-state index is 6.15. The molecule has 1 atom stereocenters. The van der Waals surface area contributed by atoms with Gasteiger partial charge in [-0.25, -0.2) is 0 Å². The molecule has 0 saturated heterocycles. The van der Waals surface area contributed by atoms with Crippen LogP contribution in [0.1, 0.15) is 59.6 Å². The highest BCUT2D eigenvalue weighted by Crippen LogP contribution is 2.32. The average Bonchev–Trinajstić information content (AvgIpc) is 2.44. The van der Waals surface area contributed by atoms with Crippen LogP contribution in [0.2, 0.25) is 0 Å². The van der Waals surface area contributed by atoms with Crippen molar-refractivity contribution in [2.75, 3.05) is 6.61 Å². The summed E-state index contributed by atoms with van der Waals surface area (Å²) in [7, 11) is 0. The van der Waals surface area contributed by atoms with Gasteiger partial charge >= 0.3 is 0 Å². The van der Waals surface area contributed by atoms with Crippen molar-refractivity contribution in [2.24, 2.45) is 5.41 Å². The minimum atomic E-state index is 0.125. The summed E-state index contributed by atoms with van der Waals surface area (Å²) < 4.78 is 11.8. The Balaban J connectivity index is 0.00000211. The van der Waals surface area contributed by atoms with Crippen LogP contribution in [-0.2, 0) is 0 Å². The van der Waals surface area contributed by atoms with Crippen molar-refractivity contribution in [2.45, 2.75) is 68.4 Å². The first-order valence-electron chi connectivity index (χ1n) is 8.27. The first kappa shape index (κ1) is 20.6. The Hall–Kier alpha value is -1.44. The average molecular weight is 306 g/mol. The topological polar surface area (TPSA) is 18.5 Å². The first-order chi connectivity index (χ1) is 10.3. The number of allylic oxidation sites excluding steroid dienone is 1. The van der Waals surface area contributed by atoms with Gasteiger partial charge in [-0.1, -0.05) is 46.8 Å². The molecule has 2 heteroatoms. The Labute approximate surface area is 137 Å². The molecule has 0 heterocycles. The summed E-state index contributed by atoms with van der Waals surface area (Å²) in [5, 5.41) is 0. The van der Waals surface area contributed by atoms with Crippen LogP contribution in [-0.4, -0.2) is 12.7 Å². The summed E-state index contributed by atoms with van der Waals surface area (Å²) in [4.78, 5) is 0. The van der Waals surface area contributed by atoms with Gasteiger partial charge in [-0.15, -0.1) is 0 Å². The van der Waals surface area contributed by atoms with Crippen molar-refractivity contribution in [1.82, 2.24) is 0 Å². The van der Waals surface area contributed by atoms with Crippen molar-refractivity contribution in [1.29, 1.82) is 0 Å². The largest absolute Gasteiger partial charge is 0.490 e. The normalized spacial score (nSPS) is 12.6. The fourth-order valence-electron chi connectivity index (χ4n) is 1.77. The van der Waals surface area contributed by atoms with Gasteiger partial charge in [0.2, 0.25) is 0 Å². The van der Waals surface area contributed by atoms with Gasteiger partial charge in [0.15, 0.2) is 0 Å². The van der Waals surface area contributed by atoms with Crippen LogP contribution in [0.25, 0.3) is 0 Å². The number of ether oxygens (including phenoxy) is 2. The van der Waals surface area contributed by atoms with Crippen LogP contribution < -0.4 is 9.47 Å². The highest BCUT2D eigenvalue weighted by molar-refractivity contribution is 5.46. The summed E-state index contributed by atoms with van der Waals surface area (Å²) in [5.41, 5.74) is 2.37. The van der Waals surface area contributed by atoms with Crippen molar-refractivity contribution in [3.05, 3.63) is 35.4 Å². The minimum Gasteiger partial charge on any atom is -0.490 e. The molecule has 1 unspecified atom stereocenters. The van der Waals surface area contributed by atoms with E-state index in [1.165, 1.54) is 0 Å². The molecule has 22 heavy (non-hydrogen) atoms. The predicted octanol–water partition coefficient (Wildman–Crippen LogP) is 6.10. The van der Waals surface area contributed by atoms with Crippen LogP contribution >= 0.6 is 0 Å². The van der Waals surface area contributed by atoms with Crippen molar-refractivity contribution in [3.63, 3.8) is 0 Å². The molecule has 0 bridgehead atoms.